The molecule has 1 saturated heterocycles. The Hall–Kier alpha value is -0.910. The first-order valence-electron chi connectivity index (χ1n) is 7.06. The lowest BCUT2D eigenvalue weighted by molar-refractivity contribution is 0.310. The van der Waals surface area contributed by atoms with Crippen LogP contribution in [0.5, 0.6) is 0 Å². The molecule has 1 atom stereocenters. The molecular weight excluding hydrogens is 272 g/mol. The first-order valence-corrected chi connectivity index (χ1v) is 8.50. The van der Waals surface area contributed by atoms with Gasteiger partial charge in [0.25, 0.3) is 0 Å². The second-order valence-corrected chi connectivity index (χ2v) is 7.68. The summed E-state index contributed by atoms with van der Waals surface area (Å²) in [4.78, 5) is 0.504. The van der Waals surface area contributed by atoms with E-state index in [1.165, 1.54) is 0 Å². The fourth-order valence-electron chi connectivity index (χ4n) is 2.81. The average Bonchev–Trinajstić information content (AvgIpc) is 2.36. The van der Waals surface area contributed by atoms with Gasteiger partial charge in [0.05, 0.1) is 4.90 Å². The van der Waals surface area contributed by atoms with E-state index in [0.717, 1.165) is 22.3 Å². The average molecular weight is 296 g/mol. The van der Waals surface area contributed by atoms with Crippen molar-refractivity contribution in [2.24, 2.45) is 0 Å². The zero-order valence-corrected chi connectivity index (χ0v) is 13.8. The van der Waals surface area contributed by atoms with Crippen molar-refractivity contribution in [3.63, 3.8) is 0 Å². The topological polar surface area (TPSA) is 49.4 Å². The number of benzene rings is 1. The van der Waals surface area contributed by atoms with E-state index in [0.29, 0.717) is 24.5 Å². The van der Waals surface area contributed by atoms with Crippen LogP contribution in [0.3, 0.4) is 0 Å². The van der Waals surface area contributed by atoms with Gasteiger partial charge in [-0.2, -0.15) is 4.31 Å². The van der Waals surface area contributed by atoms with Crippen molar-refractivity contribution in [2.75, 3.05) is 19.6 Å². The van der Waals surface area contributed by atoms with Crippen LogP contribution < -0.4 is 5.32 Å². The van der Waals surface area contributed by atoms with Crippen molar-refractivity contribution >= 4 is 10.0 Å². The molecule has 1 N–H and O–H groups in total. The number of nitrogens with one attached hydrogen (secondary N) is 1. The molecule has 1 fully saturated rings. The Bertz CT molecular complexity index is 597. The van der Waals surface area contributed by atoms with Gasteiger partial charge >= 0.3 is 0 Å². The van der Waals surface area contributed by atoms with Gasteiger partial charge in [-0.05, 0) is 56.9 Å². The Balaban J connectivity index is 2.55. The summed E-state index contributed by atoms with van der Waals surface area (Å²) >= 11 is 0. The van der Waals surface area contributed by atoms with Crippen LogP contribution in [0.25, 0.3) is 0 Å². The molecule has 1 aliphatic heterocycles. The zero-order valence-electron chi connectivity index (χ0n) is 12.9. The number of nitrogens with zero attached hydrogens (tertiary/aromatic N) is 1. The molecule has 0 radical (unpaired) electrons. The van der Waals surface area contributed by atoms with Crippen molar-refractivity contribution in [3.05, 3.63) is 28.3 Å². The third-order valence-electron chi connectivity index (χ3n) is 4.23. The molecule has 1 aromatic carbocycles. The first-order chi connectivity index (χ1) is 9.25. The number of aryl methyl sites for hydroxylation is 2. The van der Waals surface area contributed by atoms with Gasteiger partial charge in [0, 0.05) is 25.7 Å². The Kier molecular flexibility index (Phi) is 4.23. The molecule has 0 amide bonds. The fraction of sp³-hybridized carbons (Fsp3) is 0.600. The van der Waals surface area contributed by atoms with E-state index in [9.17, 15) is 8.42 Å². The van der Waals surface area contributed by atoms with E-state index in [2.05, 4.69) is 11.4 Å². The fourth-order valence-corrected chi connectivity index (χ4v) is 4.92. The molecule has 4 nitrogen and oxygen atoms in total. The molecule has 20 heavy (non-hydrogen) atoms. The highest BCUT2D eigenvalue weighted by Crippen LogP contribution is 2.29. The quantitative estimate of drug-likeness (QED) is 0.907. The molecule has 1 unspecified atom stereocenters. The number of hydrogen-bond acceptors (Lipinski definition) is 3. The molecule has 5 heteroatoms. The van der Waals surface area contributed by atoms with Crippen LogP contribution in [-0.4, -0.2) is 38.4 Å². The summed E-state index contributed by atoms with van der Waals surface area (Å²) in [5.74, 6) is 0. The zero-order chi connectivity index (χ0) is 15.1. The highest BCUT2D eigenvalue weighted by atomic mass is 32.2. The molecule has 112 valence electrons. The third-order valence-corrected chi connectivity index (χ3v) is 6.37. The van der Waals surface area contributed by atoms with Gasteiger partial charge < -0.3 is 5.32 Å². The molecule has 0 spiro atoms. The lowest BCUT2D eigenvalue weighted by Crippen LogP contribution is -2.51. The molecule has 0 aromatic heterocycles. The van der Waals surface area contributed by atoms with Crippen molar-refractivity contribution in [2.45, 2.75) is 45.6 Å². The summed E-state index contributed by atoms with van der Waals surface area (Å²) in [6.45, 7) is 11.6. The van der Waals surface area contributed by atoms with E-state index in [1.807, 2.05) is 34.6 Å². The number of hydrogen-bond donors (Lipinski definition) is 1. The highest BCUT2D eigenvalue weighted by Gasteiger charge is 2.31. The second kappa shape index (κ2) is 5.47. The monoisotopic (exact) mass is 296 g/mol. The van der Waals surface area contributed by atoms with Gasteiger partial charge in [-0.1, -0.05) is 6.07 Å². The Labute approximate surface area is 122 Å². The van der Waals surface area contributed by atoms with Gasteiger partial charge in [0.15, 0.2) is 0 Å². The Morgan fingerprint density at radius 3 is 2.20 bits per heavy atom. The van der Waals surface area contributed by atoms with Crippen LogP contribution in [0.1, 0.15) is 29.2 Å². The predicted octanol–water partition coefficient (Wildman–Crippen LogP) is 1.90. The molecule has 0 saturated carbocycles. The Morgan fingerprint density at radius 2 is 1.70 bits per heavy atom. The van der Waals surface area contributed by atoms with Crippen molar-refractivity contribution in [1.82, 2.24) is 9.62 Å². The molecular formula is C15H24N2O2S. The standard InChI is InChI=1S/C15H24N2O2S/c1-10-8-11(2)14(5)15(13(10)4)20(18,19)17-7-6-16-12(3)9-17/h8,12,16H,6-7,9H2,1-5H3. The highest BCUT2D eigenvalue weighted by molar-refractivity contribution is 7.89. The van der Waals surface area contributed by atoms with Crippen LogP contribution in [0.4, 0.5) is 0 Å². The molecule has 2 rings (SSSR count). The lowest BCUT2D eigenvalue weighted by atomic mass is 10.0. The molecule has 0 bridgehead atoms. The first kappa shape index (κ1) is 15.5. The summed E-state index contributed by atoms with van der Waals surface area (Å²) in [6, 6.07) is 2.26. The van der Waals surface area contributed by atoms with E-state index in [-0.39, 0.29) is 6.04 Å². The molecule has 1 aliphatic rings. The van der Waals surface area contributed by atoms with Gasteiger partial charge in [-0.3, -0.25) is 0 Å². The van der Waals surface area contributed by atoms with Crippen molar-refractivity contribution in [3.8, 4) is 0 Å². The van der Waals surface area contributed by atoms with Gasteiger partial charge in [0.1, 0.15) is 0 Å². The maximum atomic E-state index is 13.0. The molecule has 1 aromatic rings. The Morgan fingerprint density at radius 1 is 1.15 bits per heavy atom. The number of sulfonamides is 1. The van der Waals surface area contributed by atoms with Gasteiger partial charge in [0.2, 0.25) is 10.0 Å². The minimum atomic E-state index is -3.41. The maximum absolute atomic E-state index is 13.0. The van der Waals surface area contributed by atoms with Crippen LogP contribution in [0.2, 0.25) is 0 Å². The minimum absolute atomic E-state index is 0.199. The third kappa shape index (κ3) is 2.62. The van der Waals surface area contributed by atoms with Crippen LogP contribution in [0, 0.1) is 27.7 Å². The lowest BCUT2D eigenvalue weighted by Gasteiger charge is -2.32. The van der Waals surface area contributed by atoms with E-state index in [4.69, 9.17) is 0 Å². The van der Waals surface area contributed by atoms with Crippen LogP contribution in [-0.2, 0) is 10.0 Å². The number of rotatable bonds is 2. The summed E-state index contributed by atoms with van der Waals surface area (Å²) in [6.07, 6.45) is 0. The summed E-state index contributed by atoms with van der Waals surface area (Å²) in [5, 5.41) is 3.28. The van der Waals surface area contributed by atoms with Crippen LogP contribution in [0.15, 0.2) is 11.0 Å². The van der Waals surface area contributed by atoms with Gasteiger partial charge in [-0.15, -0.1) is 0 Å². The minimum Gasteiger partial charge on any atom is -0.312 e. The normalized spacial score (nSPS) is 21.1. The SMILES string of the molecule is Cc1cc(C)c(C)c(S(=O)(=O)N2CCNC(C)C2)c1C. The largest absolute Gasteiger partial charge is 0.312 e. The maximum Gasteiger partial charge on any atom is 0.243 e. The molecule has 0 aliphatic carbocycles. The summed E-state index contributed by atoms with van der Waals surface area (Å²) in [7, 11) is -3.41. The van der Waals surface area contributed by atoms with Crippen LogP contribution >= 0.6 is 0 Å². The van der Waals surface area contributed by atoms with E-state index < -0.39 is 10.0 Å². The second-order valence-electron chi connectivity index (χ2n) is 5.81. The van der Waals surface area contributed by atoms with Crippen molar-refractivity contribution in [1.29, 1.82) is 0 Å². The van der Waals surface area contributed by atoms with Crippen molar-refractivity contribution < 1.29 is 8.42 Å². The van der Waals surface area contributed by atoms with Gasteiger partial charge in [-0.25, -0.2) is 8.42 Å². The number of piperazine rings is 1. The summed E-state index contributed by atoms with van der Waals surface area (Å²) in [5.41, 5.74) is 3.82. The molecule has 1 heterocycles. The summed E-state index contributed by atoms with van der Waals surface area (Å²) < 4.78 is 27.6. The smallest absolute Gasteiger partial charge is 0.243 e. The van der Waals surface area contributed by atoms with E-state index in [1.54, 1.807) is 4.31 Å². The van der Waals surface area contributed by atoms with E-state index >= 15 is 0 Å². The predicted molar refractivity (Wildman–Crippen MR) is 81.6 cm³/mol.